The van der Waals surface area contributed by atoms with Gasteiger partial charge in [0.15, 0.2) is 0 Å². The van der Waals surface area contributed by atoms with Gasteiger partial charge in [-0.3, -0.25) is 0 Å². The maximum Gasteiger partial charge on any atom is 0.0441 e. The summed E-state index contributed by atoms with van der Waals surface area (Å²) in [4.78, 5) is 0. The Bertz CT molecular complexity index is 1300. The van der Waals surface area contributed by atoms with Crippen molar-refractivity contribution >= 4 is 0 Å². The Balaban J connectivity index is 0.000000605. The maximum atomic E-state index is 2.45. The van der Waals surface area contributed by atoms with Crippen molar-refractivity contribution in [3.8, 4) is 22.3 Å². The van der Waals surface area contributed by atoms with Crippen molar-refractivity contribution in [2.24, 2.45) is 0 Å². The number of fused-ring (bicyclic) bond motifs is 8. The fraction of sp³-hybridized carbons (Fsp3) is 0.314. The van der Waals surface area contributed by atoms with E-state index in [0.717, 1.165) is 0 Å². The van der Waals surface area contributed by atoms with Crippen LogP contribution in [0.2, 0.25) is 0 Å². The van der Waals surface area contributed by atoms with Crippen LogP contribution in [0.15, 0.2) is 91.0 Å². The van der Waals surface area contributed by atoms with E-state index < -0.39 is 0 Å². The minimum Gasteiger partial charge on any atom is -0.0683 e. The Kier molecular flexibility index (Phi) is 6.18. The van der Waals surface area contributed by atoms with E-state index in [0.29, 0.717) is 0 Å². The van der Waals surface area contributed by atoms with Crippen LogP contribution >= 0.6 is 0 Å². The molecule has 4 aromatic carbocycles. The molecule has 0 radical (unpaired) electrons. The highest BCUT2D eigenvalue weighted by Gasteiger charge is 2.49. The minimum atomic E-state index is -0.143. The average molecular weight is 459 g/mol. The predicted molar refractivity (Wildman–Crippen MR) is 151 cm³/mol. The molecule has 7 rings (SSSR count). The van der Waals surface area contributed by atoms with E-state index in [1.54, 1.807) is 11.1 Å². The standard InChI is InChI=1S/C31H26.2C2H6/c1-30(24-14-5-2-11-21(24)22-12-3-6-15-25(22)30)27-17-10-18-28-29(27)23-13-4-7-16-26(23)31(28)19-8-9-20-31;2*1-2/h2-7,10-18H,8-9,19-20H2,1H3;2*1-2H3. The van der Waals surface area contributed by atoms with Crippen LogP contribution < -0.4 is 0 Å². The Morgan fingerprint density at radius 1 is 0.457 bits per heavy atom. The lowest BCUT2D eigenvalue weighted by Crippen LogP contribution is -2.25. The third kappa shape index (κ3) is 3.12. The number of rotatable bonds is 1. The zero-order valence-electron chi connectivity index (χ0n) is 22.0. The molecule has 0 amide bonds. The van der Waals surface area contributed by atoms with Crippen LogP contribution in [-0.4, -0.2) is 0 Å². The molecule has 0 saturated heterocycles. The molecule has 4 aromatic rings. The second-order valence-corrected chi connectivity index (χ2v) is 9.78. The number of hydrogen-bond donors (Lipinski definition) is 0. The first kappa shape index (κ1) is 23.6. The lowest BCUT2D eigenvalue weighted by molar-refractivity contribution is 0.549. The van der Waals surface area contributed by atoms with Gasteiger partial charge in [0, 0.05) is 10.8 Å². The van der Waals surface area contributed by atoms with Gasteiger partial charge in [0.2, 0.25) is 0 Å². The smallest absolute Gasteiger partial charge is 0.0441 e. The summed E-state index contributed by atoms with van der Waals surface area (Å²) in [6.45, 7) is 10.5. The molecule has 1 spiro atoms. The third-order valence-electron chi connectivity index (χ3n) is 8.51. The SMILES string of the molecule is CC.CC.CC1(c2cccc3c2-c2ccccc2C32CCCC2)c2ccccc2-c2ccccc21. The summed E-state index contributed by atoms with van der Waals surface area (Å²) in [7, 11) is 0. The van der Waals surface area contributed by atoms with Crippen molar-refractivity contribution in [3.05, 3.63) is 119 Å². The molecule has 0 bridgehead atoms. The van der Waals surface area contributed by atoms with Gasteiger partial charge in [-0.25, -0.2) is 0 Å². The Hall–Kier alpha value is -3.12. The molecule has 0 atom stereocenters. The van der Waals surface area contributed by atoms with Crippen LogP contribution in [0.25, 0.3) is 22.3 Å². The van der Waals surface area contributed by atoms with Gasteiger partial charge < -0.3 is 0 Å². The lowest BCUT2D eigenvalue weighted by atomic mass is 9.70. The Morgan fingerprint density at radius 2 is 0.886 bits per heavy atom. The van der Waals surface area contributed by atoms with Crippen LogP contribution in [-0.2, 0) is 10.8 Å². The van der Waals surface area contributed by atoms with Crippen LogP contribution in [0.5, 0.6) is 0 Å². The molecule has 0 aliphatic heterocycles. The van der Waals surface area contributed by atoms with Gasteiger partial charge in [-0.2, -0.15) is 0 Å². The summed E-state index contributed by atoms with van der Waals surface area (Å²) in [5.41, 5.74) is 13.3. The molecular formula is C35H38. The van der Waals surface area contributed by atoms with Crippen molar-refractivity contribution in [2.75, 3.05) is 0 Å². The summed E-state index contributed by atoms with van der Waals surface area (Å²) >= 11 is 0. The molecule has 0 heterocycles. The highest BCUT2D eigenvalue weighted by Crippen LogP contribution is 2.61. The van der Waals surface area contributed by atoms with E-state index in [4.69, 9.17) is 0 Å². The second kappa shape index (κ2) is 9.15. The van der Waals surface area contributed by atoms with E-state index in [1.807, 2.05) is 27.7 Å². The monoisotopic (exact) mass is 458 g/mol. The molecule has 3 aliphatic carbocycles. The van der Waals surface area contributed by atoms with Crippen LogP contribution in [0.4, 0.5) is 0 Å². The molecule has 0 aromatic heterocycles. The molecule has 35 heavy (non-hydrogen) atoms. The van der Waals surface area contributed by atoms with E-state index in [1.165, 1.54) is 64.6 Å². The third-order valence-corrected chi connectivity index (χ3v) is 8.51. The normalized spacial score (nSPS) is 16.7. The van der Waals surface area contributed by atoms with Crippen LogP contribution in [0.1, 0.15) is 88.1 Å². The quantitative estimate of drug-likeness (QED) is 0.266. The summed E-state index contributed by atoms with van der Waals surface area (Å²) in [6.07, 6.45) is 5.23. The molecule has 0 heteroatoms. The largest absolute Gasteiger partial charge is 0.0683 e. The molecule has 178 valence electrons. The van der Waals surface area contributed by atoms with Crippen LogP contribution in [0, 0.1) is 0 Å². The van der Waals surface area contributed by atoms with Crippen molar-refractivity contribution in [1.82, 2.24) is 0 Å². The summed E-state index contributed by atoms with van der Waals surface area (Å²) < 4.78 is 0. The first-order valence-corrected chi connectivity index (χ1v) is 13.7. The highest BCUT2D eigenvalue weighted by molar-refractivity contribution is 5.90. The lowest BCUT2D eigenvalue weighted by Gasteiger charge is -2.32. The van der Waals surface area contributed by atoms with E-state index in [9.17, 15) is 0 Å². The highest BCUT2D eigenvalue weighted by atomic mass is 14.5. The molecular weight excluding hydrogens is 420 g/mol. The topological polar surface area (TPSA) is 0 Å². The Labute approximate surface area is 212 Å². The molecule has 1 saturated carbocycles. The predicted octanol–water partition coefficient (Wildman–Crippen LogP) is 9.91. The van der Waals surface area contributed by atoms with E-state index in [2.05, 4.69) is 97.9 Å². The summed E-state index contributed by atoms with van der Waals surface area (Å²) in [5.74, 6) is 0. The number of benzene rings is 4. The van der Waals surface area contributed by atoms with Gasteiger partial charge >= 0.3 is 0 Å². The molecule has 0 unspecified atom stereocenters. The van der Waals surface area contributed by atoms with Crippen molar-refractivity contribution < 1.29 is 0 Å². The number of hydrogen-bond acceptors (Lipinski definition) is 0. The summed E-state index contributed by atoms with van der Waals surface area (Å²) in [5, 5.41) is 0. The zero-order valence-corrected chi connectivity index (χ0v) is 22.0. The Morgan fingerprint density at radius 3 is 1.46 bits per heavy atom. The van der Waals surface area contributed by atoms with Gasteiger partial charge in [-0.1, -0.05) is 132 Å². The maximum absolute atomic E-state index is 2.45. The van der Waals surface area contributed by atoms with Gasteiger partial charge in [-0.05, 0) is 69.8 Å². The zero-order chi connectivity index (χ0) is 24.6. The van der Waals surface area contributed by atoms with Crippen molar-refractivity contribution in [2.45, 2.75) is 71.1 Å². The van der Waals surface area contributed by atoms with Crippen molar-refractivity contribution in [1.29, 1.82) is 0 Å². The first-order valence-electron chi connectivity index (χ1n) is 13.7. The second-order valence-electron chi connectivity index (χ2n) is 9.78. The molecule has 1 fully saturated rings. The van der Waals surface area contributed by atoms with Gasteiger partial charge in [-0.15, -0.1) is 0 Å². The van der Waals surface area contributed by atoms with Crippen molar-refractivity contribution in [3.63, 3.8) is 0 Å². The fourth-order valence-electron chi connectivity index (χ4n) is 7.18. The molecule has 0 N–H and O–H groups in total. The molecule has 0 nitrogen and oxygen atoms in total. The van der Waals surface area contributed by atoms with E-state index in [-0.39, 0.29) is 10.8 Å². The van der Waals surface area contributed by atoms with Crippen LogP contribution in [0.3, 0.4) is 0 Å². The molecule has 3 aliphatic rings. The fourth-order valence-corrected chi connectivity index (χ4v) is 7.18. The van der Waals surface area contributed by atoms with Gasteiger partial charge in [0.1, 0.15) is 0 Å². The first-order chi connectivity index (χ1) is 17.2. The van der Waals surface area contributed by atoms with Gasteiger partial charge in [0.25, 0.3) is 0 Å². The average Bonchev–Trinajstić information content (AvgIpc) is 3.62. The van der Waals surface area contributed by atoms with E-state index >= 15 is 0 Å². The summed E-state index contributed by atoms with van der Waals surface area (Å²) in [6, 6.07) is 34.5. The van der Waals surface area contributed by atoms with Gasteiger partial charge in [0.05, 0.1) is 0 Å². The minimum absolute atomic E-state index is 0.143.